The molecule has 0 heterocycles. The van der Waals surface area contributed by atoms with E-state index in [1.807, 2.05) is 30.3 Å². The van der Waals surface area contributed by atoms with Crippen molar-refractivity contribution in [2.45, 2.75) is 19.9 Å². The van der Waals surface area contributed by atoms with Crippen molar-refractivity contribution in [1.82, 2.24) is 5.32 Å². The summed E-state index contributed by atoms with van der Waals surface area (Å²) in [6, 6.07) is 18.9. The summed E-state index contributed by atoms with van der Waals surface area (Å²) in [6.07, 6.45) is 0. The van der Waals surface area contributed by atoms with Crippen molar-refractivity contribution in [3.63, 3.8) is 0 Å². The molecule has 0 aliphatic carbocycles. The predicted octanol–water partition coefficient (Wildman–Crippen LogP) is 3.72. The molecular weight excluding hydrogens is 234 g/mol. The van der Waals surface area contributed by atoms with E-state index in [0.717, 1.165) is 12.3 Å². The summed E-state index contributed by atoms with van der Waals surface area (Å²) < 4.78 is 5.65. The molecule has 0 aliphatic heterocycles. The van der Waals surface area contributed by atoms with Gasteiger partial charge in [-0.3, -0.25) is 0 Å². The van der Waals surface area contributed by atoms with Crippen molar-refractivity contribution in [2.75, 3.05) is 13.2 Å². The van der Waals surface area contributed by atoms with Crippen LogP contribution in [0.3, 0.4) is 0 Å². The van der Waals surface area contributed by atoms with Crippen molar-refractivity contribution in [2.24, 2.45) is 0 Å². The van der Waals surface area contributed by atoms with Crippen LogP contribution in [0.1, 0.15) is 24.1 Å². The Morgan fingerprint density at radius 3 is 2.58 bits per heavy atom. The highest BCUT2D eigenvalue weighted by molar-refractivity contribution is 5.24. The third-order valence-corrected chi connectivity index (χ3v) is 3.11. The number of ether oxygens (including phenoxy) is 1. The molecule has 19 heavy (non-hydrogen) atoms. The van der Waals surface area contributed by atoms with E-state index < -0.39 is 0 Å². The average molecular weight is 255 g/mol. The lowest BCUT2D eigenvalue weighted by molar-refractivity contribution is 0.307. The highest BCUT2D eigenvalue weighted by atomic mass is 16.5. The molecule has 0 unspecified atom stereocenters. The van der Waals surface area contributed by atoms with Gasteiger partial charge in [0, 0.05) is 12.6 Å². The van der Waals surface area contributed by atoms with Crippen molar-refractivity contribution >= 4 is 0 Å². The maximum atomic E-state index is 5.65. The standard InChI is InChI=1S/C17H21NO/c1-14-7-6-8-16(13-14)15(2)18-11-12-19-17-9-4-3-5-10-17/h3-10,13,15,18H,11-12H2,1-2H3/t15-/m1/s1. The topological polar surface area (TPSA) is 21.3 Å². The number of hydrogen-bond donors (Lipinski definition) is 1. The zero-order valence-electron chi connectivity index (χ0n) is 11.6. The molecule has 0 aromatic heterocycles. The summed E-state index contributed by atoms with van der Waals surface area (Å²) in [7, 11) is 0. The molecule has 2 aromatic rings. The van der Waals surface area contributed by atoms with Crippen molar-refractivity contribution in [3.8, 4) is 5.75 Å². The van der Waals surface area contributed by atoms with Gasteiger partial charge in [-0.1, -0.05) is 48.0 Å². The van der Waals surface area contributed by atoms with Gasteiger partial charge in [0.1, 0.15) is 12.4 Å². The summed E-state index contributed by atoms with van der Waals surface area (Å²) >= 11 is 0. The summed E-state index contributed by atoms with van der Waals surface area (Å²) in [4.78, 5) is 0. The fourth-order valence-corrected chi connectivity index (χ4v) is 2.02. The normalized spacial score (nSPS) is 12.1. The first-order valence-corrected chi connectivity index (χ1v) is 6.73. The average Bonchev–Trinajstić information content (AvgIpc) is 2.44. The number of hydrogen-bond acceptors (Lipinski definition) is 2. The van der Waals surface area contributed by atoms with Gasteiger partial charge in [-0.2, -0.15) is 0 Å². The first-order chi connectivity index (χ1) is 9.25. The van der Waals surface area contributed by atoms with Crippen LogP contribution >= 0.6 is 0 Å². The molecule has 2 nitrogen and oxygen atoms in total. The molecule has 0 saturated carbocycles. The van der Waals surface area contributed by atoms with Crippen LogP contribution in [0.15, 0.2) is 54.6 Å². The van der Waals surface area contributed by atoms with Gasteiger partial charge in [0.05, 0.1) is 0 Å². The summed E-state index contributed by atoms with van der Waals surface area (Å²) in [5.41, 5.74) is 2.62. The molecule has 0 amide bonds. The Morgan fingerprint density at radius 1 is 1.05 bits per heavy atom. The minimum Gasteiger partial charge on any atom is -0.492 e. The highest BCUT2D eigenvalue weighted by Crippen LogP contribution is 2.13. The molecule has 0 fully saturated rings. The lowest BCUT2D eigenvalue weighted by Crippen LogP contribution is -2.24. The molecule has 0 radical (unpaired) electrons. The van der Waals surface area contributed by atoms with E-state index in [-0.39, 0.29) is 0 Å². The van der Waals surface area contributed by atoms with Crippen LogP contribution in [-0.2, 0) is 0 Å². The van der Waals surface area contributed by atoms with Gasteiger partial charge in [0.2, 0.25) is 0 Å². The number of rotatable bonds is 6. The monoisotopic (exact) mass is 255 g/mol. The summed E-state index contributed by atoms with van der Waals surface area (Å²) in [6.45, 7) is 5.82. The summed E-state index contributed by atoms with van der Waals surface area (Å²) in [5.74, 6) is 0.924. The van der Waals surface area contributed by atoms with Crippen LogP contribution in [0, 0.1) is 6.92 Å². The Bertz CT molecular complexity index is 496. The quantitative estimate of drug-likeness (QED) is 0.794. The van der Waals surface area contributed by atoms with Gasteiger partial charge in [-0.15, -0.1) is 0 Å². The first kappa shape index (κ1) is 13.6. The van der Waals surface area contributed by atoms with E-state index in [1.54, 1.807) is 0 Å². The molecule has 2 heteroatoms. The zero-order chi connectivity index (χ0) is 13.5. The first-order valence-electron chi connectivity index (χ1n) is 6.73. The fraction of sp³-hybridized carbons (Fsp3) is 0.294. The number of nitrogens with one attached hydrogen (secondary N) is 1. The Labute approximate surface area is 115 Å². The van der Waals surface area contributed by atoms with Gasteiger partial charge in [0.15, 0.2) is 0 Å². The Kier molecular flexibility index (Phi) is 4.99. The van der Waals surface area contributed by atoms with Crippen molar-refractivity contribution < 1.29 is 4.74 Å². The highest BCUT2D eigenvalue weighted by Gasteiger charge is 2.04. The molecule has 0 bridgehead atoms. The second kappa shape index (κ2) is 6.95. The third kappa shape index (κ3) is 4.42. The number of para-hydroxylation sites is 1. The van der Waals surface area contributed by atoms with Gasteiger partial charge in [-0.05, 0) is 31.5 Å². The second-order valence-corrected chi connectivity index (χ2v) is 4.75. The molecule has 0 aliphatic rings. The smallest absolute Gasteiger partial charge is 0.119 e. The van der Waals surface area contributed by atoms with Crippen molar-refractivity contribution in [3.05, 3.63) is 65.7 Å². The predicted molar refractivity (Wildman–Crippen MR) is 79.5 cm³/mol. The molecule has 1 atom stereocenters. The molecule has 0 spiro atoms. The Balaban J connectivity index is 1.74. The maximum absolute atomic E-state index is 5.65. The van der Waals surface area contributed by atoms with Crippen LogP contribution in [0.5, 0.6) is 5.75 Å². The Morgan fingerprint density at radius 2 is 1.84 bits per heavy atom. The van der Waals surface area contributed by atoms with Crippen molar-refractivity contribution in [1.29, 1.82) is 0 Å². The van der Waals surface area contributed by atoms with Gasteiger partial charge in [-0.25, -0.2) is 0 Å². The van der Waals surface area contributed by atoms with E-state index in [0.29, 0.717) is 12.6 Å². The summed E-state index contributed by atoms with van der Waals surface area (Å²) in [5, 5.41) is 3.47. The molecule has 100 valence electrons. The van der Waals surface area contributed by atoms with Crippen LogP contribution in [0.4, 0.5) is 0 Å². The second-order valence-electron chi connectivity index (χ2n) is 4.75. The third-order valence-electron chi connectivity index (χ3n) is 3.11. The molecule has 1 N–H and O–H groups in total. The molecule has 2 aromatic carbocycles. The SMILES string of the molecule is Cc1cccc([C@@H](C)NCCOc2ccccc2)c1. The van der Waals surface area contributed by atoms with Crippen LogP contribution < -0.4 is 10.1 Å². The van der Waals surface area contributed by atoms with Crippen LogP contribution in [0.2, 0.25) is 0 Å². The molecular formula is C17H21NO. The number of aryl methyl sites for hydroxylation is 1. The molecule has 0 saturated heterocycles. The zero-order valence-corrected chi connectivity index (χ0v) is 11.6. The van der Waals surface area contributed by atoms with Gasteiger partial charge >= 0.3 is 0 Å². The lowest BCUT2D eigenvalue weighted by Gasteiger charge is -2.15. The van der Waals surface area contributed by atoms with E-state index in [2.05, 4.69) is 43.4 Å². The van der Waals surface area contributed by atoms with Gasteiger partial charge < -0.3 is 10.1 Å². The lowest BCUT2D eigenvalue weighted by atomic mass is 10.1. The van der Waals surface area contributed by atoms with Gasteiger partial charge in [0.25, 0.3) is 0 Å². The van der Waals surface area contributed by atoms with E-state index in [9.17, 15) is 0 Å². The van der Waals surface area contributed by atoms with Crippen LogP contribution in [0.25, 0.3) is 0 Å². The minimum absolute atomic E-state index is 0.347. The number of benzene rings is 2. The largest absolute Gasteiger partial charge is 0.492 e. The van der Waals surface area contributed by atoms with E-state index in [1.165, 1.54) is 11.1 Å². The Hall–Kier alpha value is -1.80. The fourth-order valence-electron chi connectivity index (χ4n) is 2.02. The van der Waals surface area contributed by atoms with Crippen LogP contribution in [-0.4, -0.2) is 13.2 Å². The minimum atomic E-state index is 0.347. The van der Waals surface area contributed by atoms with E-state index >= 15 is 0 Å². The maximum Gasteiger partial charge on any atom is 0.119 e. The van der Waals surface area contributed by atoms with E-state index in [4.69, 9.17) is 4.74 Å². The molecule has 2 rings (SSSR count).